The lowest BCUT2D eigenvalue weighted by atomic mass is 10.2. The van der Waals surface area contributed by atoms with Gasteiger partial charge in [-0.2, -0.15) is 0 Å². The maximum atomic E-state index is 12.1. The van der Waals surface area contributed by atoms with Crippen molar-refractivity contribution in [2.75, 3.05) is 46.3 Å². The van der Waals surface area contributed by atoms with Crippen LogP contribution in [0.2, 0.25) is 10.0 Å². The second-order valence-corrected chi connectivity index (χ2v) is 8.54. The molecule has 5 nitrogen and oxygen atoms in total. The molecule has 23 heavy (non-hydrogen) atoms. The molecule has 1 aliphatic rings. The summed E-state index contributed by atoms with van der Waals surface area (Å²) in [6.45, 7) is 5.59. The van der Waals surface area contributed by atoms with Crippen molar-refractivity contribution in [3.8, 4) is 0 Å². The SMILES string of the molecule is CN1CCN(CCCNS(=O)(=O)Cc2ccc(Cl)cc2Cl)CC1. The van der Waals surface area contributed by atoms with E-state index in [1.54, 1.807) is 18.2 Å². The van der Waals surface area contributed by atoms with E-state index in [-0.39, 0.29) is 5.75 Å². The second kappa shape index (κ2) is 8.65. The Balaban J connectivity index is 1.73. The molecular weight excluding hydrogens is 357 g/mol. The molecule has 1 N–H and O–H groups in total. The number of likely N-dealkylation sites (N-methyl/N-ethyl adjacent to an activating group) is 1. The van der Waals surface area contributed by atoms with Gasteiger partial charge in [-0.3, -0.25) is 0 Å². The number of hydrogen-bond acceptors (Lipinski definition) is 4. The molecule has 130 valence electrons. The first-order valence-corrected chi connectivity index (χ1v) is 10.1. The standard InChI is InChI=1S/C15H23Cl2N3O2S/c1-19-7-9-20(10-8-19)6-2-5-18-23(21,22)12-13-3-4-14(16)11-15(13)17/h3-4,11,18H,2,5-10,12H2,1H3. The minimum Gasteiger partial charge on any atom is -0.304 e. The molecule has 0 bridgehead atoms. The predicted molar refractivity (Wildman–Crippen MR) is 95.6 cm³/mol. The Morgan fingerprint density at radius 1 is 1.17 bits per heavy atom. The molecule has 1 aromatic carbocycles. The molecule has 0 saturated carbocycles. The lowest BCUT2D eigenvalue weighted by molar-refractivity contribution is 0.153. The minimum atomic E-state index is -3.39. The monoisotopic (exact) mass is 379 g/mol. The molecule has 0 aromatic heterocycles. The fraction of sp³-hybridized carbons (Fsp3) is 0.600. The Kier molecular flexibility index (Phi) is 7.13. The van der Waals surface area contributed by atoms with E-state index < -0.39 is 10.0 Å². The number of halogens is 2. The lowest BCUT2D eigenvalue weighted by Crippen LogP contribution is -2.45. The molecule has 0 spiro atoms. The topological polar surface area (TPSA) is 52.6 Å². The average molecular weight is 380 g/mol. The Morgan fingerprint density at radius 3 is 2.52 bits per heavy atom. The summed E-state index contributed by atoms with van der Waals surface area (Å²) >= 11 is 11.8. The number of benzene rings is 1. The molecule has 8 heteroatoms. The molecule has 0 radical (unpaired) electrons. The maximum Gasteiger partial charge on any atom is 0.215 e. The zero-order valence-corrected chi connectivity index (χ0v) is 15.6. The molecule has 1 saturated heterocycles. The van der Waals surface area contributed by atoms with E-state index in [1.807, 2.05) is 0 Å². The Morgan fingerprint density at radius 2 is 1.87 bits per heavy atom. The summed E-state index contributed by atoms with van der Waals surface area (Å²) in [7, 11) is -1.27. The number of sulfonamides is 1. The van der Waals surface area contributed by atoms with Crippen LogP contribution in [-0.2, 0) is 15.8 Å². The second-order valence-electron chi connectivity index (χ2n) is 5.89. The quantitative estimate of drug-likeness (QED) is 0.736. The highest BCUT2D eigenvalue weighted by molar-refractivity contribution is 7.88. The van der Waals surface area contributed by atoms with Crippen molar-refractivity contribution < 1.29 is 8.42 Å². The van der Waals surface area contributed by atoms with Gasteiger partial charge in [-0.25, -0.2) is 13.1 Å². The first-order chi connectivity index (χ1) is 10.9. The van der Waals surface area contributed by atoms with Crippen molar-refractivity contribution in [1.29, 1.82) is 0 Å². The van der Waals surface area contributed by atoms with Gasteiger partial charge in [0, 0.05) is 42.8 Å². The fourth-order valence-electron chi connectivity index (χ4n) is 2.50. The van der Waals surface area contributed by atoms with Gasteiger partial charge in [0.05, 0.1) is 5.75 Å². The highest BCUT2D eigenvalue weighted by Crippen LogP contribution is 2.22. The Hall–Kier alpha value is -0.370. The smallest absolute Gasteiger partial charge is 0.215 e. The first kappa shape index (κ1) is 19.0. The van der Waals surface area contributed by atoms with Gasteiger partial charge in [0.25, 0.3) is 0 Å². The molecule has 0 amide bonds. The van der Waals surface area contributed by atoms with E-state index in [0.717, 1.165) is 39.1 Å². The van der Waals surface area contributed by atoms with Crippen LogP contribution >= 0.6 is 23.2 Å². The van der Waals surface area contributed by atoms with E-state index >= 15 is 0 Å². The van der Waals surface area contributed by atoms with Gasteiger partial charge in [0.2, 0.25) is 10.0 Å². The van der Waals surface area contributed by atoms with Gasteiger partial charge in [-0.15, -0.1) is 0 Å². The largest absolute Gasteiger partial charge is 0.304 e. The summed E-state index contributed by atoms with van der Waals surface area (Å²) in [6, 6.07) is 4.85. The van der Waals surface area contributed by atoms with E-state index in [1.165, 1.54) is 0 Å². The maximum absolute atomic E-state index is 12.1. The van der Waals surface area contributed by atoms with Gasteiger partial charge in [-0.05, 0) is 37.7 Å². The van der Waals surface area contributed by atoms with Crippen molar-refractivity contribution in [2.45, 2.75) is 12.2 Å². The molecule has 0 unspecified atom stereocenters. The number of rotatable bonds is 7. The highest BCUT2D eigenvalue weighted by Gasteiger charge is 2.15. The van der Waals surface area contributed by atoms with Crippen molar-refractivity contribution in [3.05, 3.63) is 33.8 Å². The molecule has 0 atom stereocenters. The van der Waals surface area contributed by atoms with Gasteiger partial charge >= 0.3 is 0 Å². The van der Waals surface area contributed by atoms with Crippen LogP contribution in [0.25, 0.3) is 0 Å². The Bertz CT molecular complexity index is 617. The van der Waals surface area contributed by atoms with E-state index in [4.69, 9.17) is 23.2 Å². The zero-order chi connectivity index (χ0) is 16.9. The normalized spacial score (nSPS) is 17.5. The van der Waals surface area contributed by atoms with Crippen molar-refractivity contribution in [3.63, 3.8) is 0 Å². The van der Waals surface area contributed by atoms with Crippen LogP contribution < -0.4 is 4.72 Å². The number of piperazine rings is 1. The van der Waals surface area contributed by atoms with E-state index in [2.05, 4.69) is 21.6 Å². The zero-order valence-electron chi connectivity index (χ0n) is 13.3. The van der Waals surface area contributed by atoms with Gasteiger partial charge in [0.1, 0.15) is 0 Å². The molecule has 2 rings (SSSR count). The highest BCUT2D eigenvalue weighted by atomic mass is 35.5. The van der Waals surface area contributed by atoms with Crippen molar-refractivity contribution in [2.24, 2.45) is 0 Å². The third kappa shape index (κ3) is 6.57. The number of nitrogens with one attached hydrogen (secondary N) is 1. The van der Waals surface area contributed by atoms with Crippen molar-refractivity contribution in [1.82, 2.24) is 14.5 Å². The van der Waals surface area contributed by atoms with E-state index in [0.29, 0.717) is 22.2 Å². The number of nitrogens with zero attached hydrogens (tertiary/aromatic N) is 2. The molecule has 1 aromatic rings. The first-order valence-electron chi connectivity index (χ1n) is 7.68. The molecule has 0 aliphatic carbocycles. The average Bonchev–Trinajstić information content (AvgIpc) is 2.48. The van der Waals surface area contributed by atoms with Crippen LogP contribution in [0.15, 0.2) is 18.2 Å². The van der Waals surface area contributed by atoms with Gasteiger partial charge in [0.15, 0.2) is 0 Å². The van der Waals surface area contributed by atoms with Gasteiger partial charge in [-0.1, -0.05) is 29.3 Å². The van der Waals surface area contributed by atoms with E-state index in [9.17, 15) is 8.42 Å². The lowest BCUT2D eigenvalue weighted by Gasteiger charge is -2.32. The van der Waals surface area contributed by atoms with Crippen LogP contribution in [0.1, 0.15) is 12.0 Å². The Labute approximate surface area is 148 Å². The third-order valence-corrected chi connectivity index (χ3v) is 5.85. The third-order valence-electron chi connectivity index (χ3n) is 3.93. The predicted octanol–water partition coefficient (Wildman–Crippen LogP) is 2.05. The van der Waals surface area contributed by atoms with Crippen LogP contribution in [0, 0.1) is 0 Å². The molecule has 1 heterocycles. The van der Waals surface area contributed by atoms with Crippen LogP contribution in [0.5, 0.6) is 0 Å². The summed E-state index contributed by atoms with van der Waals surface area (Å²) in [5.41, 5.74) is 0.558. The van der Waals surface area contributed by atoms with Crippen LogP contribution in [-0.4, -0.2) is 64.5 Å². The molecular formula is C15H23Cl2N3O2S. The van der Waals surface area contributed by atoms with Crippen molar-refractivity contribution >= 4 is 33.2 Å². The summed E-state index contributed by atoms with van der Waals surface area (Å²) in [6.07, 6.45) is 0.803. The molecule has 1 aliphatic heterocycles. The van der Waals surface area contributed by atoms with Crippen LogP contribution in [0.4, 0.5) is 0 Å². The fourth-order valence-corrected chi connectivity index (χ4v) is 4.27. The minimum absolute atomic E-state index is 0.127. The number of hydrogen-bond donors (Lipinski definition) is 1. The summed E-state index contributed by atoms with van der Waals surface area (Å²) in [5, 5.41) is 0.872. The van der Waals surface area contributed by atoms with Crippen LogP contribution in [0.3, 0.4) is 0 Å². The summed E-state index contributed by atoms with van der Waals surface area (Å²) in [5.74, 6) is -0.127. The summed E-state index contributed by atoms with van der Waals surface area (Å²) < 4.78 is 26.9. The van der Waals surface area contributed by atoms with Gasteiger partial charge < -0.3 is 9.80 Å². The molecule has 1 fully saturated rings. The summed E-state index contributed by atoms with van der Waals surface area (Å²) in [4.78, 5) is 4.67.